The van der Waals surface area contributed by atoms with Crippen molar-refractivity contribution in [2.75, 3.05) is 17.2 Å². The quantitative estimate of drug-likeness (QED) is 0.892. The summed E-state index contributed by atoms with van der Waals surface area (Å²) in [5.41, 5.74) is 1.14. The summed E-state index contributed by atoms with van der Waals surface area (Å²) in [6, 6.07) is 5.99. The molecule has 0 aliphatic carbocycles. The first kappa shape index (κ1) is 15.7. The van der Waals surface area contributed by atoms with Crippen LogP contribution < -0.4 is 15.4 Å². The lowest BCUT2D eigenvalue weighted by Gasteiger charge is -2.11. The molecule has 0 spiro atoms. The van der Waals surface area contributed by atoms with Gasteiger partial charge in [0.2, 0.25) is 0 Å². The van der Waals surface area contributed by atoms with Gasteiger partial charge in [-0.25, -0.2) is 13.6 Å². The fourth-order valence-electron chi connectivity index (χ4n) is 1.75. The Labute approximate surface area is 126 Å². The average molecular weight is 310 g/mol. The number of nitrogens with one attached hydrogen (secondary N) is 2. The first-order valence-corrected chi connectivity index (χ1v) is 6.53. The van der Waals surface area contributed by atoms with E-state index in [1.165, 1.54) is 6.07 Å². The summed E-state index contributed by atoms with van der Waals surface area (Å²) in [5, 5.41) is 9.15. The molecule has 22 heavy (non-hydrogen) atoms. The van der Waals surface area contributed by atoms with Crippen LogP contribution in [0.5, 0.6) is 5.75 Å². The lowest BCUT2D eigenvalue weighted by molar-refractivity contribution is 0.0816. The highest BCUT2D eigenvalue weighted by Gasteiger charge is 2.09. The van der Waals surface area contributed by atoms with E-state index >= 15 is 0 Å². The zero-order valence-corrected chi connectivity index (χ0v) is 12.1. The number of carbonyl (C=O) groups excluding carboxylic acids is 1. The summed E-state index contributed by atoms with van der Waals surface area (Å²) in [7, 11) is 1.73. The maximum absolute atomic E-state index is 12.2. The molecule has 0 bridgehead atoms. The third kappa shape index (κ3) is 4.44. The molecule has 0 atom stereocenters. The van der Waals surface area contributed by atoms with Gasteiger partial charge < -0.3 is 10.1 Å². The van der Waals surface area contributed by atoms with Crippen molar-refractivity contribution >= 4 is 17.5 Å². The molecule has 118 valence electrons. The molecular weight excluding hydrogens is 294 g/mol. The fourth-order valence-corrected chi connectivity index (χ4v) is 1.75. The molecule has 0 saturated carbocycles. The van der Waals surface area contributed by atoms with Crippen molar-refractivity contribution in [3.63, 3.8) is 0 Å². The Bertz CT molecular complexity index is 658. The number of urea groups is 1. The van der Waals surface area contributed by atoms with Crippen molar-refractivity contribution in [2.45, 2.75) is 13.3 Å². The van der Waals surface area contributed by atoms with Crippen LogP contribution in [0.1, 0.15) is 5.56 Å². The van der Waals surface area contributed by atoms with Gasteiger partial charge in [-0.05, 0) is 18.6 Å². The fraction of sp³-hybridized carbons (Fsp3) is 0.286. The van der Waals surface area contributed by atoms with Crippen molar-refractivity contribution < 1.29 is 18.3 Å². The van der Waals surface area contributed by atoms with Crippen molar-refractivity contribution in [1.82, 2.24) is 9.78 Å². The molecule has 0 aliphatic heterocycles. The van der Waals surface area contributed by atoms with Crippen LogP contribution in [0, 0.1) is 6.92 Å². The Kier molecular flexibility index (Phi) is 4.92. The van der Waals surface area contributed by atoms with Crippen LogP contribution in [0.15, 0.2) is 30.5 Å². The Morgan fingerprint density at radius 2 is 2.14 bits per heavy atom. The number of carbonyl (C=O) groups is 1. The smallest absolute Gasteiger partial charge is 0.324 e. The Balaban J connectivity index is 1.99. The van der Waals surface area contributed by atoms with Crippen molar-refractivity contribution in [3.8, 4) is 5.75 Å². The highest BCUT2D eigenvalue weighted by atomic mass is 19.3. The molecule has 0 aliphatic rings. The van der Waals surface area contributed by atoms with Crippen LogP contribution in [0.25, 0.3) is 0 Å². The number of hydrogen-bond donors (Lipinski definition) is 2. The van der Waals surface area contributed by atoms with Gasteiger partial charge in [0.15, 0.2) is 5.82 Å². The maximum atomic E-state index is 12.2. The predicted octanol–water partition coefficient (Wildman–Crippen LogP) is 3.02. The molecule has 2 aromatic rings. The van der Waals surface area contributed by atoms with Gasteiger partial charge in [-0.2, -0.15) is 5.10 Å². The van der Waals surface area contributed by atoms with Gasteiger partial charge in [0, 0.05) is 31.1 Å². The normalized spacial score (nSPS) is 10.6. The summed E-state index contributed by atoms with van der Waals surface area (Å²) in [6.07, 6.45) is -0.860. The summed E-state index contributed by atoms with van der Waals surface area (Å²) in [4.78, 5) is 11.8. The second kappa shape index (κ2) is 6.88. The third-order valence-electron chi connectivity index (χ3n) is 2.77. The highest BCUT2D eigenvalue weighted by Crippen LogP contribution is 2.23. The number of hydrogen-bond acceptors (Lipinski definition) is 3. The lowest BCUT2D eigenvalue weighted by atomic mass is 10.2. The van der Waals surface area contributed by atoms with Gasteiger partial charge in [-0.1, -0.05) is 6.07 Å². The Morgan fingerprint density at radius 1 is 1.36 bits per heavy atom. The van der Waals surface area contributed by atoms with Gasteiger partial charge in [-0.3, -0.25) is 10.00 Å². The predicted molar refractivity (Wildman–Crippen MR) is 78.5 cm³/mol. The minimum atomic E-state index is -2.55. The van der Waals surface area contributed by atoms with E-state index in [9.17, 15) is 13.6 Å². The summed E-state index contributed by atoms with van der Waals surface area (Å²) < 4.78 is 30.9. The molecule has 2 N–H and O–H groups in total. The number of benzene rings is 1. The molecule has 0 fully saturated rings. The number of anilines is 2. The van der Waals surface area contributed by atoms with Crippen LogP contribution in [0.3, 0.4) is 0 Å². The molecule has 2 amide bonds. The molecule has 6 nitrogen and oxygen atoms in total. The van der Waals surface area contributed by atoms with Crippen LogP contribution in [-0.4, -0.2) is 28.8 Å². The van der Waals surface area contributed by atoms with E-state index < -0.39 is 19.1 Å². The summed E-state index contributed by atoms with van der Waals surface area (Å²) in [5.74, 6) is 0.706. The summed E-state index contributed by atoms with van der Waals surface area (Å²) >= 11 is 0. The number of halogens is 2. The monoisotopic (exact) mass is 310 g/mol. The first-order valence-electron chi connectivity index (χ1n) is 6.53. The molecule has 2 rings (SSSR count). The first-order chi connectivity index (χ1) is 10.4. The van der Waals surface area contributed by atoms with Crippen LogP contribution in [-0.2, 0) is 7.05 Å². The Morgan fingerprint density at radius 3 is 2.77 bits per heavy atom. The topological polar surface area (TPSA) is 68.2 Å². The number of rotatable bonds is 5. The minimum absolute atomic E-state index is 0.302. The Hall–Kier alpha value is -2.64. The number of ether oxygens (including phenoxy) is 1. The van der Waals surface area contributed by atoms with E-state index in [-0.39, 0.29) is 0 Å². The van der Waals surface area contributed by atoms with Crippen molar-refractivity contribution in [1.29, 1.82) is 0 Å². The van der Waals surface area contributed by atoms with Gasteiger partial charge >= 0.3 is 6.03 Å². The molecule has 8 heteroatoms. The summed E-state index contributed by atoms with van der Waals surface area (Å²) in [6.45, 7) is 1.04. The van der Waals surface area contributed by atoms with E-state index in [2.05, 4.69) is 15.7 Å². The third-order valence-corrected chi connectivity index (χ3v) is 2.77. The lowest BCUT2D eigenvalue weighted by Crippen LogP contribution is -2.20. The zero-order chi connectivity index (χ0) is 16.1. The van der Waals surface area contributed by atoms with Crippen LogP contribution in [0.4, 0.5) is 25.1 Å². The second-order valence-electron chi connectivity index (χ2n) is 4.64. The van der Waals surface area contributed by atoms with Crippen LogP contribution >= 0.6 is 0 Å². The standard InChI is InChI=1S/C14H16F2N4O2/c1-9-3-4-10(7-11(9)22-8-12(15)16)17-14(21)18-13-5-6-20(2)19-13/h3-7,12H,8H2,1-2H3,(H2,17,18,19,21). The molecule has 0 saturated heterocycles. The number of aromatic nitrogens is 2. The highest BCUT2D eigenvalue weighted by molar-refractivity contribution is 5.99. The molecule has 1 aromatic heterocycles. The van der Waals surface area contributed by atoms with E-state index in [4.69, 9.17) is 4.74 Å². The number of amides is 2. The molecule has 1 heterocycles. The number of aryl methyl sites for hydroxylation is 2. The van der Waals surface area contributed by atoms with Gasteiger partial charge in [-0.15, -0.1) is 0 Å². The van der Waals surface area contributed by atoms with Gasteiger partial charge in [0.1, 0.15) is 12.4 Å². The van der Waals surface area contributed by atoms with E-state index in [1.54, 1.807) is 43.0 Å². The largest absolute Gasteiger partial charge is 0.487 e. The average Bonchev–Trinajstić information content (AvgIpc) is 2.84. The SMILES string of the molecule is Cc1ccc(NC(=O)Nc2ccn(C)n2)cc1OCC(F)F. The maximum Gasteiger partial charge on any atom is 0.324 e. The van der Waals surface area contributed by atoms with Crippen LogP contribution in [0.2, 0.25) is 0 Å². The van der Waals surface area contributed by atoms with E-state index in [0.717, 1.165) is 0 Å². The molecular formula is C14H16F2N4O2. The number of alkyl halides is 2. The number of nitrogens with zero attached hydrogens (tertiary/aromatic N) is 2. The molecule has 0 unspecified atom stereocenters. The minimum Gasteiger partial charge on any atom is -0.487 e. The van der Waals surface area contributed by atoms with E-state index in [1.807, 2.05) is 0 Å². The van der Waals surface area contributed by atoms with E-state index in [0.29, 0.717) is 22.8 Å². The van der Waals surface area contributed by atoms with Crippen molar-refractivity contribution in [3.05, 3.63) is 36.0 Å². The molecule has 1 aromatic carbocycles. The zero-order valence-electron chi connectivity index (χ0n) is 12.1. The second-order valence-corrected chi connectivity index (χ2v) is 4.64. The van der Waals surface area contributed by atoms with Gasteiger partial charge in [0.05, 0.1) is 0 Å². The molecule has 0 radical (unpaired) electrons. The van der Waals surface area contributed by atoms with Crippen molar-refractivity contribution in [2.24, 2.45) is 7.05 Å². The van der Waals surface area contributed by atoms with Gasteiger partial charge in [0.25, 0.3) is 6.43 Å².